The number of nitro benzene ring substituents is 1. The molecule has 17 heavy (non-hydrogen) atoms. The van der Waals surface area contributed by atoms with Gasteiger partial charge in [0.15, 0.2) is 0 Å². The van der Waals surface area contributed by atoms with Crippen LogP contribution < -0.4 is 5.32 Å². The molecular formula is C10H12FIN2O3. The number of nitrogens with one attached hydrogen (secondary N) is 1. The summed E-state index contributed by atoms with van der Waals surface area (Å²) >= 11 is 1.70. The van der Waals surface area contributed by atoms with Crippen molar-refractivity contribution in [2.24, 2.45) is 0 Å². The molecule has 0 aliphatic rings. The van der Waals surface area contributed by atoms with E-state index in [0.29, 0.717) is 13.0 Å². The summed E-state index contributed by atoms with van der Waals surface area (Å²) in [6.45, 7) is 1.96. The first-order valence-corrected chi connectivity index (χ1v) is 6.05. The normalized spacial score (nSPS) is 12.2. The van der Waals surface area contributed by atoms with Crippen LogP contribution in [0, 0.1) is 19.5 Å². The second-order valence-corrected chi connectivity index (χ2v) is 4.77. The largest absolute Gasteiger partial charge is 0.393 e. The van der Waals surface area contributed by atoms with Gasteiger partial charge in [0.05, 0.1) is 14.6 Å². The third kappa shape index (κ3) is 4.08. The van der Waals surface area contributed by atoms with Gasteiger partial charge in [0.1, 0.15) is 11.5 Å². The Hall–Kier alpha value is -0.960. The van der Waals surface area contributed by atoms with E-state index in [1.807, 2.05) is 0 Å². The number of benzene rings is 1. The van der Waals surface area contributed by atoms with Crippen LogP contribution in [-0.4, -0.2) is 22.7 Å². The third-order valence-corrected chi connectivity index (χ3v) is 2.94. The second-order valence-electron chi connectivity index (χ2n) is 3.61. The van der Waals surface area contributed by atoms with Crippen molar-refractivity contribution in [3.8, 4) is 0 Å². The highest BCUT2D eigenvalue weighted by Gasteiger charge is 2.17. The molecule has 2 N–H and O–H groups in total. The van der Waals surface area contributed by atoms with Crippen LogP contribution in [0.1, 0.15) is 13.3 Å². The van der Waals surface area contributed by atoms with Gasteiger partial charge in [0, 0.05) is 18.7 Å². The Morgan fingerprint density at radius 2 is 2.29 bits per heavy atom. The third-order valence-electron chi connectivity index (χ3n) is 2.11. The molecule has 0 amide bonds. The maximum absolute atomic E-state index is 13.3. The summed E-state index contributed by atoms with van der Waals surface area (Å²) in [6, 6.07) is 2.28. The van der Waals surface area contributed by atoms with E-state index in [2.05, 4.69) is 5.32 Å². The lowest BCUT2D eigenvalue weighted by atomic mass is 10.2. The smallest absolute Gasteiger partial charge is 0.293 e. The lowest BCUT2D eigenvalue weighted by molar-refractivity contribution is -0.384. The van der Waals surface area contributed by atoms with Crippen LogP contribution in [0.5, 0.6) is 0 Å². The van der Waals surface area contributed by atoms with Crippen molar-refractivity contribution in [2.75, 3.05) is 11.9 Å². The first-order valence-electron chi connectivity index (χ1n) is 4.97. The van der Waals surface area contributed by atoms with E-state index in [1.165, 1.54) is 6.07 Å². The number of nitrogens with zero attached hydrogens (tertiary/aromatic N) is 1. The number of aliphatic hydroxyl groups excluding tert-OH is 1. The fourth-order valence-electron chi connectivity index (χ4n) is 1.24. The number of hydrogen-bond donors (Lipinski definition) is 2. The molecule has 94 valence electrons. The van der Waals surface area contributed by atoms with Gasteiger partial charge in [-0.05, 0) is 35.9 Å². The Balaban J connectivity index is 2.89. The average Bonchev–Trinajstić information content (AvgIpc) is 2.22. The second kappa shape index (κ2) is 6.10. The zero-order valence-corrected chi connectivity index (χ0v) is 11.3. The lowest BCUT2D eigenvalue weighted by Crippen LogP contribution is -2.11. The van der Waals surface area contributed by atoms with Gasteiger partial charge in [0.2, 0.25) is 0 Å². The standard InChI is InChI=1S/C10H12FIN2O3/c1-6(15)2-3-13-9-4-7(11)8(12)5-10(9)14(16)17/h4-6,13,15H,2-3H2,1H3. The SMILES string of the molecule is CC(O)CCNc1cc(F)c(I)cc1[N+](=O)[O-]. The van der Waals surface area contributed by atoms with Crippen LogP contribution in [0.3, 0.4) is 0 Å². The van der Waals surface area contributed by atoms with E-state index in [-0.39, 0.29) is 14.9 Å². The summed E-state index contributed by atoms with van der Waals surface area (Å²) in [4.78, 5) is 10.2. The first-order chi connectivity index (χ1) is 7.91. The topological polar surface area (TPSA) is 75.4 Å². The predicted octanol–water partition coefficient (Wildman–Crippen LogP) is 2.52. The molecule has 0 aliphatic heterocycles. The molecule has 0 saturated carbocycles. The Kier molecular flexibility index (Phi) is 5.06. The molecule has 0 radical (unpaired) electrons. The lowest BCUT2D eigenvalue weighted by Gasteiger charge is -2.09. The van der Waals surface area contributed by atoms with Crippen LogP contribution >= 0.6 is 22.6 Å². The van der Waals surface area contributed by atoms with Crippen LogP contribution in [0.25, 0.3) is 0 Å². The monoisotopic (exact) mass is 354 g/mol. The Labute approximate surface area is 111 Å². The summed E-state index contributed by atoms with van der Waals surface area (Å²) in [5.41, 5.74) is -0.0324. The van der Waals surface area contributed by atoms with E-state index >= 15 is 0 Å². The van der Waals surface area contributed by atoms with Crippen molar-refractivity contribution in [1.82, 2.24) is 0 Å². The van der Waals surface area contributed by atoms with Crippen LogP contribution in [0.2, 0.25) is 0 Å². The molecule has 1 aromatic carbocycles. The quantitative estimate of drug-likeness (QED) is 0.484. The maximum atomic E-state index is 13.3. The van der Waals surface area contributed by atoms with Crippen molar-refractivity contribution in [3.63, 3.8) is 0 Å². The molecule has 7 heteroatoms. The van der Waals surface area contributed by atoms with Crippen molar-refractivity contribution < 1.29 is 14.4 Å². The molecule has 0 heterocycles. The minimum Gasteiger partial charge on any atom is -0.393 e. The predicted molar refractivity (Wildman–Crippen MR) is 70.6 cm³/mol. The number of anilines is 1. The van der Waals surface area contributed by atoms with Crippen LogP contribution in [-0.2, 0) is 0 Å². The zero-order valence-electron chi connectivity index (χ0n) is 9.11. The zero-order chi connectivity index (χ0) is 13.0. The average molecular weight is 354 g/mol. The van der Waals surface area contributed by atoms with Gasteiger partial charge in [-0.15, -0.1) is 0 Å². The molecule has 0 aliphatic carbocycles. The van der Waals surface area contributed by atoms with Gasteiger partial charge in [-0.25, -0.2) is 4.39 Å². The van der Waals surface area contributed by atoms with Gasteiger partial charge in [-0.2, -0.15) is 0 Å². The molecule has 0 saturated heterocycles. The molecule has 0 spiro atoms. The molecule has 1 atom stereocenters. The number of rotatable bonds is 5. The fraction of sp³-hybridized carbons (Fsp3) is 0.400. The van der Waals surface area contributed by atoms with Crippen molar-refractivity contribution in [1.29, 1.82) is 0 Å². The Morgan fingerprint density at radius 3 is 2.82 bits per heavy atom. The van der Waals surface area contributed by atoms with Gasteiger partial charge in [-0.1, -0.05) is 0 Å². The Bertz CT molecular complexity index is 426. The summed E-state index contributed by atoms with van der Waals surface area (Å²) in [5, 5.41) is 22.6. The molecule has 0 aromatic heterocycles. The first kappa shape index (κ1) is 14.1. The summed E-state index contributed by atoms with van der Waals surface area (Å²) in [6.07, 6.45) is -0.0691. The minimum absolute atomic E-state index is 0.133. The van der Waals surface area contributed by atoms with Gasteiger partial charge in [-0.3, -0.25) is 10.1 Å². The van der Waals surface area contributed by atoms with E-state index in [0.717, 1.165) is 6.07 Å². The fourth-order valence-corrected chi connectivity index (χ4v) is 1.70. The van der Waals surface area contributed by atoms with Crippen molar-refractivity contribution in [3.05, 3.63) is 31.6 Å². The van der Waals surface area contributed by atoms with Crippen molar-refractivity contribution >= 4 is 34.0 Å². The van der Waals surface area contributed by atoms with Gasteiger partial charge >= 0.3 is 0 Å². The van der Waals surface area contributed by atoms with Crippen LogP contribution in [0.15, 0.2) is 12.1 Å². The van der Waals surface area contributed by atoms with Gasteiger partial charge in [0.25, 0.3) is 5.69 Å². The highest BCUT2D eigenvalue weighted by atomic mass is 127. The van der Waals surface area contributed by atoms with Crippen LogP contribution in [0.4, 0.5) is 15.8 Å². The van der Waals surface area contributed by atoms with E-state index in [9.17, 15) is 14.5 Å². The summed E-state index contributed by atoms with van der Waals surface area (Å²) < 4.78 is 13.5. The van der Waals surface area contributed by atoms with E-state index in [4.69, 9.17) is 5.11 Å². The summed E-state index contributed by atoms with van der Waals surface area (Å²) in [7, 11) is 0. The maximum Gasteiger partial charge on any atom is 0.293 e. The molecule has 0 fully saturated rings. The molecule has 1 unspecified atom stereocenters. The number of halogens is 2. The minimum atomic E-state index is -0.563. The molecule has 1 aromatic rings. The molecular weight excluding hydrogens is 342 g/mol. The Morgan fingerprint density at radius 1 is 1.65 bits per heavy atom. The van der Waals surface area contributed by atoms with Crippen molar-refractivity contribution in [2.45, 2.75) is 19.4 Å². The summed E-state index contributed by atoms with van der Waals surface area (Å²) in [5.74, 6) is -0.504. The number of hydrogen-bond acceptors (Lipinski definition) is 4. The van der Waals surface area contributed by atoms with Gasteiger partial charge < -0.3 is 10.4 Å². The number of aliphatic hydroxyl groups is 1. The van der Waals surface area contributed by atoms with E-state index < -0.39 is 16.8 Å². The highest BCUT2D eigenvalue weighted by molar-refractivity contribution is 14.1. The number of nitro groups is 1. The highest BCUT2D eigenvalue weighted by Crippen LogP contribution is 2.28. The molecule has 1 rings (SSSR count). The molecule has 0 bridgehead atoms. The van der Waals surface area contributed by atoms with E-state index in [1.54, 1.807) is 29.5 Å². The molecule has 5 nitrogen and oxygen atoms in total.